The first kappa shape index (κ1) is 20.8. The molecule has 9 heteroatoms. The number of halogens is 3. The summed E-state index contributed by atoms with van der Waals surface area (Å²) < 4.78 is 50.0. The second-order valence-corrected chi connectivity index (χ2v) is 7.28. The van der Waals surface area contributed by atoms with Gasteiger partial charge in [-0.3, -0.25) is 9.59 Å². The van der Waals surface area contributed by atoms with Gasteiger partial charge in [-0.2, -0.15) is 13.2 Å². The molecule has 0 saturated heterocycles. The van der Waals surface area contributed by atoms with Crippen LogP contribution in [-0.4, -0.2) is 24.5 Å². The molecule has 2 N–H and O–H groups in total. The van der Waals surface area contributed by atoms with Gasteiger partial charge in [-0.15, -0.1) is 0 Å². The summed E-state index contributed by atoms with van der Waals surface area (Å²) in [6.45, 7) is 1.89. The molecule has 2 heterocycles. The number of amides is 2. The first-order valence-corrected chi connectivity index (χ1v) is 9.68. The van der Waals surface area contributed by atoms with Crippen LogP contribution in [0.1, 0.15) is 30.9 Å². The van der Waals surface area contributed by atoms with Crippen LogP contribution in [0.3, 0.4) is 0 Å². The highest BCUT2D eigenvalue weighted by Crippen LogP contribution is 2.38. The Balaban J connectivity index is 1.56. The van der Waals surface area contributed by atoms with Crippen LogP contribution in [0.15, 0.2) is 42.5 Å². The zero-order chi connectivity index (χ0) is 22.2. The van der Waals surface area contributed by atoms with Crippen LogP contribution in [0.2, 0.25) is 0 Å². The highest BCUT2D eigenvalue weighted by Gasteiger charge is 2.32. The van der Waals surface area contributed by atoms with Gasteiger partial charge in [-0.25, -0.2) is 0 Å². The zero-order valence-electron chi connectivity index (χ0n) is 16.5. The molecule has 31 heavy (non-hydrogen) atoms. The van der Waals surface area contributed by atoms with Crippen molar-refractivity contribution in [2.75, 3.05) is 17.2 Å². The average molecular weight is 432 g/mol. The van der Waals surface area contributed by atoms with E-state index in [1.165, 1.54) is 12.1 Å². The Bertz CT molecular complexity index is 1080. The predicted octanol–water partition coefficient (Wildman–Crippen LogP) is 4.62. The third-order valence-corrected chi connectivity index (χ3v) is 4.99. The Kier molecular flexibility index (Phi) is 5.34. The van der Waals surface area contributed by atoms with E-state index in [0.29, 0.717) is 41.1 Å². The molecule has 6 nitrogen and oxygen atoms in total. The molecule has 0 spiro atoms. The van der Waals surface area contributed by atoms with Gasteiger partial charge in [0.15, 0.2) is 6.10 Å². The van der Waals surface area contributed by atoms with Gasteiger partial charge in [0.2, 0.25) is 5.91 Å². The van der Waals surface area contributed by atoms with E-state index in [-0.39, 0.29) is 18.3 Å². The normalized spacial score (nSPS) is 19.3. The molecular formula is C22H19F3N2O4. The molecule has 2 aliphatic heterocycles. The fourth-order valence-corrected chi connectivity index (χ4v) is 3.44. The van der Waals surface area contributed by atoms with Gasteiger partial charge in [0.05, 0.1) is 17.9 Å². The molecule has 2 aromatic carbocycles. The number of hydrogen-bond donors (Lipinski definition) is 2. The van der Waals surface area contributed by atoms with Crippen LogP contribution in [0.25, 0.3) is 5.57 Å². The third kappa shape index (κ3) is 4.50. The van der Waals surface area contributed by atoms with E-state index in [1.54, 1.807) is 25.1 Å². The second-order valence-electron chi connectivity index (χ2n) is 7.28. The van der Waals surface area contributed by atoms with Crippen LogP contribution in [-0.2, 0) is 15.8 Å². The highest BCUT2D eigenvalue weighted by molar-refractivity contribution is 6.05. The first-order chi connectivity index (χ1) is 14.7. The van der Waals surface area contributed by atoms with Crippen molar-refractivity contribution in [3.8, 4) is 11.5 Å². The number of alkyl halides is 3. The van der Waals surface area contributed by atoms with E-state index in [1.807, 2.05) is 0 Å². The fourth-order valence-electron chi connectivity index (χ4n) is 3.44. The first-order valence-electron chi connectivity index (χ1n) is 9.68. The molecule has 162 valence electrons. The zero-order valence-corrected chi connectivity index (χ0v) is 16.5. The molecular weight excluding hydrogens is 413 g/mol. The maximum absolute atomic E-state index is 13.0. The number of nitrogens with one attached hydrogen (secondary N) is 2. The van der Waals surface area contributed by atoms with E-state index in [4.69, 9.17) is 9.47 Å². The molecule has 4 rings (SSSR count). The molecule has 1 atom stereocenters. The maximum atomic E-state index is 13.0. The summed E-state index contributed by atoms with van der Waals surface area (Å²) in [5, 5.41) is 5.41. The van der Waals surface area contributed by atoms with Crippen LogP contribution >= 0.6 is 0 Å². The van der Waals surface area contributed by atoms with E-state index in [9.17, 15) is 22.8 Å². The van der Waals surface area contributed by atoms with Crippen molar-refractivity contribution < 1.29 is 32.2 Å². The van der Waals surface area contributed by atoms with Crippen molar-refractivity contribution in [3.63, 3.8) is 0 Å². The summed E-state index contributed by atoms with van der Waals surface area (Å²) in [6.07, 6.45) is -2.67. The molecule has 0 radical (unpaired) electrons. The largest absolute Gasteiger partial charge is 0.493 e. The third-order valence-electron chi connectivity index (χ3n) is 4.99. The maximum Gasteiger partial charge on any atom is 0.416 e. The minimum atomic E-state index is -4.48. The Labute approximate surface area is 176 Å². The summed E-state index contributed by atoms with van der Waals surface area (Å²) in [6, 6.07) is 8.12. The van der Waals surface area contributed by atoms with E-state index >= 15 is 0 Å². The molecule has 0 fully saturated rings. The minimum Gasteiger partial charge on any atom is -0.493 e. The van der Waals surface area contributed by atoms with Gasteiger partial charge in [0.25, 0.3) is 5.91 Å². The Morgan fingerprint density at radius 1 is 1.19 bits per heavy atom. The van der Waals surface area contributed by atoms with Crippen molar-refractivity contribution in [3.05, 3.63) is 53.6 Å². The molecule has 0 saturated carbocycles. The molecule has 2 aliphatic rings. The van der Waals surface area contributed by atoms with Crippen molar-refractivity contribution in [2.45, 2.75) is 32.0 Å². The smallest absolute Gasteiger partial charge is 0.416 e. The molecule has 0 aliphatic carbocycles. The lowest BCUT2D eigenvalue weighted by molar-refractivity contribution is -0.137. The van der Waals surface area contributed by atoms with Gasteiger partial charge in [-0.05, 0) is 55.7 Å². The molecule has 0 aromatic heterocycles. The predicted molar refractivity (Wildman–Crippen MR) is 108 cm³/mol. The van der Waals surface area contributed by atoms with Gasteiger partial charge in [0, 0.05) is 17.3 Å². The number of allylic oxidation sites excluding steroid dienone is 1. The standard InChI is InChI=1S/C22H19F3N2O4/c1-12-21(29)27-17-11-15(5-7-18(17)31-12)26-20(28)9-13-3-2-8-30-19-10-14(22(23,24)25)4-6-16(13)19/h4-7,9-12H,2-3,8H2,1H3,(H,26,28)(H,27,29). The van der Waals surface area contributed by atoms with Crippen molar-refractivity contribution in [1.82, 2.24) is 0 Å². The molecule has 2 amide bonds. The summed E-state index contributed by atoms with van der Waals surface area (Å²) in [4.78, 5) is 24.4. The number of hydrogen-bond acceptors (Lipinski definition) is 4. The van der Waals surface area contributed by atoms with Gasteiger partial charge >= 0.3 is 6.18 Å². The van der Waals surface area contributed by atoms with Gasteiger partial charge in [-0.1, -0.05) is 6.07 Å². The van der Waals surface area contributed by atoms with E-state index in [0.717, 1.165) is 12.1 Å². The van der Waals surface area contributed by atoms with E-state index < -0.39 is 23.8 Å². The van der Waals surface area contributed by atoms with Crippen molar-refractivity contribution >= 4 is 28.8 Å². The summed E-state index contributed by atoms with van der Waals surface area (Å²) in [5.41, 5.74) is 1.13. The number of benzene rings is 2. The van der Waals surface area contributed by atoms with Crippen molar-refractivity contribution in [2.24, 2.45) is 0 Å². The van der Waals surface area contributed by atoms with Crippen LogP contribution < -0.4 is 20.1 Å². The summed E-state index contributed by atoms with van der Waals surface area (Å²) >= 11 is 0. The monoisotopic (exact) mass is 432 g/mol. The summed E-state index contributed by atoms with van der Waals surface area (Å²) in [7, 11) is 0. The SMILES string of the molecule is CC1Oc2ccc(NC(=O)C=C3CCCOc4cc(C(F)(F)F)ccc43)cc2NC1=O. The average Bonchev–Trinajstić information content (AvgIpc) is 2.90. The van der Waals surface area contributed by atoms with Gasteiger partial charge < -0.3 is 20.1 Å². The molecule has 0 bridgehead atoms. The van der Waals surface area contributed by atoms with Gasteiger partial charge in [0.1, 0.15) is 11.5 Å². The Morgan fingerprint density at radius 3 is 2.77 bits per heavy atom. The lowest BCUT2D eigenvalue weighted by Crippen LogP contribution is -2.34. The van der Waals surface area contributed by atoms with Crippen LogP contribution in [0.5, 0.6) is 11.5 Å². The summed E-state index contributed by atoms with van der Waals surface area (Å²) in [5.74, 6) is -0.126. The topological polar surface area (TPSA) is 76.7 Å². The van der Waals surface area contributed by atoms with E-state index in [2.05, 4.69) is 10.6 Å². The lowest BCUT2D eigenvalue weighted by Gasteiger charge is -2.23. The lowest BCUT2D eigenvalue weighted by atomic mass is 9.99. The highest BCUT2D eigenvalue weighted by atomic mass is 19.4. The number of fused-ring (bicyclic) bond motifs is 2. The Hall–Kier alpha value is -3.49. The van der Waals surface area contributed by atoms with Crippen LogP contribution in [0.4, 0.5) is 24.5 Å². The Morgan fingerprint density at radius 2 is 2.00 bits per heavy atom. The number of carbonyl (C=O) groups excluding carboxylic acids is 2. The fraction of sp³-hybridized carbons (Fsp3) is 0.273. The number of anilines is 2. The quantitative estimate of drug-likeness (QED) is 0.679. The minimum absolute atomic E-state index is 0.106. The van der Waals surface area contributed by atoms with Crippen molar-refractivity contribution in [1.29, 1.82) is 0 Å². The molecule has 1 unspecified atom stereocenters. The molecule has 2 aromatic rings. The number of ether oxygens (including phenoxy) is 2. The number of rotatable bonds is 2. The van der Waals surface area contributed by atoms with Crippen LogP contribution in [0, 0.1) is 0 Å². The second kappa shape index (κ2) is 7.98. The number of carbonyl (C=O) groups is 2.